The molecule has 0 saturated heterocycles. The molecule has 2 aromatic carbocycles. The fourth-order valence-corrected chi connectivity index (χ4v) is 1.98. The van der Waals surface area contributed by atoms with E-state index in [2.05, 4.69) is 11.2 Å². The van der Waals surface area contributed by atoms with E-state index in [1.54, 1.807) is 12.1 Å². The molecule has 4 heteroatoms. The van der Waals surface area contributed by atoms with E-state index in [1.165, 1.54) is 6.21 Å². The lowest BCUT2D eigenvalue weighted by molar-refractivity contribution is 0.321. The monoisotopic (exact) mass is 292 g/mol. The highest BCUT2D eigenvalue weighted by Gasteiger charge is 2.04. The van der Waals surface area contributed by atoms with Crippen LogP contribution in [0.25, 0.3) is 6.08 Å². The number of ether oxygens (including phenoxy) is 1. The third-order valence-electron chi connectivity index (χ3n) is 3.16. The maximum absolute atomic E-state index is 9.26. The van der Waals surface area contributed by atoms with Crippen molar-refractivity contribution >= 4 is 12.3 Å². The van der Waals surface area contributed by atoms with Gasteiger partial charge in [-0.2, -0.15) is 5.26 Å². The van der Waals surface area contributed by atoms with Gasteiger partial charge in [0.25, 0.3) is 0 Å². The van der Waals surface area contributed by atoms with Crippen molar-refractivity contribution in [3.8, 4) is 11.8 Å². The predicted octanol–water partition coefficient (Wildman–Crippen LogP) is 3.79. The van der Waals surface area contributed by atoms with Gasteiger partial charge in [-0.05, 0) is 36.3 Å². The maximum Gasteiger partial charge on any atom is 0.128 e. The van der Waals surface area contributed by atoms with Crippen molar-refractivity contribution in [2.24, 2.45) is 5.16 Å². The zero-order valence-electron chi connectivity index (χ0n) is 12.2. The van der Waals surface area contributed by atoms with E-state index < -0.39 is 0 Å². The molecule has 0 aliphatic rings. The van der Waals surface area contributed by atoms with Crippen LogP contribution in [-0.4, -0.2) is 18.0 Å². The van der Waals surface area contributed by atoms with Crippen LogP contribution >= 0.6 is 0 Å². The number of rotatable bonds is 5. The van der Waals surface area contributed by atoms with Gasteiger partial charge >= 0.3 is 0 Å². The van der Waals surface area contributed by atoms with Crippen LogP contribution in [0.15, 0.2) is 59.3 Å². The van der Waals surface area contributed by atoms with Gasteiger partial charge in [-0.3, -0.25) is 0 Å². The van der Waals surface area contributed by atoms with Gasteiger partial charge in [0.2, 0.25) is 0 Å². The van der Waals surface area contributed by atoms with Gasteiger partial charge in [-0.25, -0.2) is 0 Å². The number of nitrogens with zero attached hydrogens (tertiary/aromatic N) is 2. The van der Waals surface area contributed by atoms with Gasteiger partial charge in [0.1, 0.15) is 12.4 Å². The van der Waals surface area contributed by atoms with Crippen LogP contribution in [0.2, 0.25) is 0 Å². The lowest BCUT2D eigenvalue weighted by Gasteiger charge is -2.08. The van der Waals surface area contributed by atoms with Crippen molar-refractivity contribution in [1.82, 2.24) is 0 Å². The topological polar surface area (TPSA) is 65.6 Å². The Balaban J connectivity index is 2.16. The fraction of sp³-hybridized carbons (Fsp3) is 0.111. The molecule has 0 heterocycles. The highest BCUT2D eigenvalue weighted by molar-refractivity contribution is 5.83. The summed E-state index contributed by atoms with van der Waals surface area (Å²) in [5.41, 5.74) is 3.26. The first-order valence-corrected chi connectivity index (χ1v) is 6.80. The average molecular weight is 292 g/mol. The number of nitriles is 1. The van der Waals surface area contributed by atoms with E-state index in [4.69, 9.17) is 9.94 Å². The molecule has 0 unspecified atom stereocenters. The van der Waals surface area contributed by atoms with Crippen LogP contribution in [0.3, 0.4) is 0 Å². The van der Waals surface area contributed by atoms with Gasteiger partial charge in [-0.1, -0.05) is 41.6 Å². The Bertz CT molecular complexity index is 743. The van der Waals surface area contributed by atoms with Gasteiger partial charge in [0.15, 0.2) is 0 Å². The third-order valence-corrected chi connectivity index (χ3v) is 3.16. The zero-order chi connectivity index (χ0) is 15.8. The molecular formula is C18H16N2O2. The molecule has 0 spiro atoms. The van der Waals surface area contributed by atoms with Gasteiger partial charge in [0, 0.05) is 5.56 Å². The maximum atomic E-state index is 9.26. The van der Waals surface area contributed by atoms with Gasteiger partial charge < -0.3 is 9.94 Å². The highest BCUT2D eigenvalue weighted by Crippen LogP contribution is 2.18. The molecule has 4 nitrogen and oxygen atoms in total. The number of aryl methyl sites for hydroxylation is 1. The summed E-state index contributed by atoms with van der Waals surface area (Å²) in [4.78, 5) is 0. The summed E-state index contributed by atoms with van der Waals surface area (Å²) in [6.07, 6.45) is 3.12. The first-order chi connectivity index (χ1) is 10.7. The van der Waals surface area contributed by atoms with E-state index in [0.717, 1.165) is 11.1 Å². The van der Waals surface area contributed by atoms with Crippen molar-refractivity contribution < 1.29 is 9.94 Å². The standard InChI is InChI=1S/C18H16N2O2/c1-14-6-2-3-7-16(14)10-15(11-19)13-22-18-9-5-4-8-17(18)12-20-21/h2-10,12,21H,13H2,1H3/b15-10+,20-12+. The van der Waals surface area contributed by atoms with Crippen molar-refractivity contribution in [3.63, 3.8) is 0 Å². The van der Waals surface area contributed by atoms with Crippen LogP contribution in [0.5, 0.6) is 5.75 Å². The van der Waals surface area contributed by atoms with E-state index in [0.29, 0.717) is 16.9 Å². The van der Waals surface area contributed by atoms with Crippen molar-refractivity contribution in [2.75, 3.05) is 6.61 Å². The number of oxime groups is 1. The molecule has 0 atom stereocenters. The molecule has 0 aliphatic carbocycles. The van der Waals surface area contributed by atoms with Crippen molar-refractivity contribution in [2.45, 2.75) is 6.92 Å². The summed E-state index contributed by atoms with van der Waals surface area (Å²) in [5.74, 6) is 0.561. The van der Waals surface area contributed by atoms with Crippen LogP contribution in [0.1, 0.15) is 16.7 Å². The fourth-order valence-electron chi connectivity index (χ4n) is 1.98. The van der Waals surface area contributed by atoms with Crippen LogP contribution in [-0.2, 0) is 0 Å². The molecule has 0 radical (unpaired) electrons. The molecule has 0 bridgehead atoms. The Morgan fingerprint density at radius 3 is 2.55 bits per heavy atom. The van der Waals surface area contributed by atoms with Gasteiger partial charge in [-0.15, -0.1) is 0 Å². The summed E-state index contributed by atoms with van der Waals surface area (Å²) >= 11 is 0. The minimum absolute atomic E-state index is 0.154. The van der Waals surface area contributed by atoms with E-state index >= 15 is 0 Å². The Hall–Kier alpha value is -3.06. The predicted molar refractivity (Wildman–Crippen MR) is 86.1 cm³/mol. The molecule has 0 fully saturated rings. The number of hydrogen-bond acceptors (Lipinski definition) is 4. The normalized spacial score (nSPS) is 11.4. The molecular weight excluding hydrogens is 276 g/mol. The van der Waals surface area contributed by atoms with Crippen LogP contribution in [0.4, 0.5) is 0 Å². The van der Waals surface area contributed by atoms with E-state index in [1.807, 2.05) is 49.4 Å². The molecule has 110 valence electrons. The Morgan fingerprint density at radius 1 is 1.18 bits per heavy atom. The van der Waals surface area contributed by atoms with Crippen LogP contribution < -0.4 is 4.74 Å². The first kappa shape index (κ1) is 15.3. The Labute approximate surface area is 129 Å². The second kappa shape index (κ2) is 7.65. The highest BCUT2D eigenvalue weighted by atomic mass is 16.5. The van der Waals surface area contributed by atoms with Gasteiger partial charge in [0.05, 0.1) is 17.9 Å². The smallest absolute Gasteiger partial charge is 0.128 e. The number of hydrogen-bond donors (Lipinski definition) is 1. The molecule has 0 aromatic heterocycles. The van der Waals surface area contributed by atoms with Crippen molar-refractivity contribution in [3.05, 3.63) is 70.8 Å². The van der Waals surface area contributed by atoms with Crippen LogP contribution in [0, 0.1) is 18.3 Å². The molecule has 22 heavy (non-hydrogen) atoms. The number of benzene rings is 2. The molecule has 0 amide bonds. The Morgan fingerprint density at radius 2 is 1.86 bits per heavy atom. The first-order valence-electron chi connectivity index (χ1n) is 6.80. The lowest BCUT2D eigenvalue weighted by atomic mass is 10.1. The zero-order valence-corrected chi connectivity index (χ0v) is 12.2. The summed E-state index contributed by atoms with van der Waals surface area (Å²) in [6, 6.07) is 17.2. The summed E-state index contributed by atoms with van der Waals surface area (Å²) in [5, 5.41) is 20.9. The second-order valence-electron chi connectivity index (χ2n) is 4.71. The average Bonchev–Trinajstić information content (AvgIpc) is 2.54. The molecule has 2 aromatic rings. The molecule has 1 N–H and O–H groups in total. The summed E-state index contributed by atoms with van der Waals surface area (Å²) in [7, 11) is 0. The molecule has 0 saturated carbocycles. The molecule has 0 aliphatic heterocycles. The molecule has 2 rings (SSSR count). The summed E-state index contributed by atoms with van der Waals surface area (Å²) < 4.78 is 5.66. The largest absolute Gasteiger partial charge is 0.487 e. The van der Waals surface area contributed by atoms with E-state index in [-0.39, 0.29) is 6.61 Å². The minimum Gasteiger partial charge on any atom is -0.487 e. The van der Waals surface area contributed by atoms with E-state index in [9.17, 15) is 5.26 Å². The number of para-hydroxylation sites is 1. The Kier molecular flexibility index (Phi) is 5.33. The quantitative estimate of drug-likeness (QED) is 0.394. The van der Waals surface area contributed by atoms with Crippen molar-refractivity contribution in [1.29, 1.82) is 5.26 Å². The summed E-state index contributed by atoms with van der Waals surface area (Å²) in [6.45, 7) is 2.15. The lowest BCUT2D eigenvalue weighted by Crippen LogP contribution is -2.02. The minimum atomic E-state index is 0.154. The SMILES string of the molecule is Cc1ccccc1/C=C(\C#N)COc1ccccc1/C=N/O. The third kappa shape index (κ3) is 3.97. The second-order valence-corrected chi connectivity index (χ2v) is 4.71.